The van der Waals surface area contributed by atoms with E-state index >= 15 is 0 Å². The molecule has 0 unspecified atom stereocenters. The molecule has 6 nitrogen and oxygen atoms in total. The van der Waals surface area contributed by atoms with Gasteiger partial charge in [-0.1, -0.05) is 23.4 Å². The minimum atomic E-state index is -0.182. The lowest BCUT2D eigenvalue weighted by Crippen LogP contribution is -2.33. The lowest BCUT2D eigenvalue weighted by Gasteiger charge is -2.17. The van der Waals surface area contributed by atoms with Crippen molar-refractivity contribution in [3.8, 4) is 0 Å². The molecule has 1 aromatic carbocycles. The van der Waals surface area contributed by atoms with Crippen LogP contribution in [0.1, 0.15) is 30.2 Å². The highest BCUT2D eigenvalue weighted by Gasteiger charge is 2.28. The largest absolute Gasteiger partial charge is 0.361 e. The van der Waals surface area contributed by atoms with Crippen LogP contribution in [0, 0.1) is 0 Å². The maximum Gasteiger partial charge on any atom is 0.251 e. The molecule has 2 heterocycles. The molecule has 0 spiro atoms. The van der Waals surface area contributed by atoms with Gasteiger partial charge in [-0.2, -0.15) is 0 Å². The molecular formula is C19H19N3O3. The molecule has 1 amide bonds. The number of para-hydroxylation sites is 1. The fourth-order valence-electron chi connectivity index (χ4n) is 2.96. The van der Waals surface area contributed by atoms with Crippen LogP contribution in [0.25, 0.3) is 10.9 Å². The van der Waals surface area contributed by atoms with Crippen molar-refractivity contribution in [2.24, 2.45) is 0 Å². The zero-order valence-electron chi connectivity index (χ0n) is 14.0. The van der Waals surface area contributed by atoms with Gasteiger partial charge in [-0.15, -0.1) is 0 Å². The smallest absolute Gasteiger partial charge is 0.251 e. The molecule has 1 saturated carbocycles. The second-order valence-corrected chi connectivity index (χ2v) is 6.56. The van der Waals surface area contributed by atoms with E-state index < -0.39 is 0 Å². The number of aromatic nitrogens is 2. The lowest BCUT2D eigenvalue weighted by atomic mass is 10.2. The molecule has 3 aromatic rings. The SMILES string of the molecule is CN(Cc1cc(C2CC2)on1)C(=O)Cn1c(=O)ccc2ccccc21. The Bertz CT molecular complexity index is 985. The normalized spacial score (nSPS) is 14.0. The Morgan fingerprint density at radius 1 is 1.28 bits per heavy atom. The van der Waals surface area contributed by atoms with Crippen LogP contribution < -0.4 is 5.56 Å². The summed E-state index contributed by atoms with van der Waals surface area (Å²) in [5.41, 5.74) is 1.31. The van der Waals surface area contributed by atoms with Crippen molar-refractivity contribution in [2.45, 2.75) is 31.8 Å². The van der Waals surface area contributed by atoms with E-state index in [9.17, 15) is 9.59 Å². The van der Waals surface area contributed by atoms with Gasteiger partial charge in [0.05, 0.1) is 12.1 Å². The molecule has 2 aromatic heterocycles. The van der Waals surface area contributed by atoms with Crippen LogP contribution in [-0.2, 0) is 17.9 Å². The maximum absolute atomic E-state index is 12.6. The van der Waals surface area contributed by atoms with Crippen LogP contribution in [0.3, 0.4) is 0 Å². The van der Waals surface area contributed by atoms with Gasteiger partial charge in [0.15, 0.2) is 0 Å². The number of amides is 1. The van der Waals surface area contributed by atoms with Crippen molar-refractivity contribution in [3.63, 3.8) is 0 Å². The van der Waals surface area contributed by atoms with Crippen LogP contribution >= 0.6 is 0 Å². The number of hydrogen-bond acceptors (Lipinski definition) is 4. The number of carbonyl (C=O) groups is 1. The quantitative estimate of drug-likeness (QED) is 0.717. The summed E-state index contributed by atoms with van der Waals surface area (Å²) in [6.45, 7) is 0.374. The van der Waals surface area contributed by atoms with Gasteiger partial charge in [-0.3, -0.25) is 14.2 Å². The first-order chi connectivity index (χ1) is 12.1. The van der Waals surface area contributed by atoms with E-state index in [1.165, 1.54) is 10.6 Å². The van der Waals surface area contributed by atoms with Gasteiger partial charge >= 0.3 is 0 Å². The molecule has 0 radical (unpaired) electrons. The van der Waals surface area contributed by atoms with Gasteiger partial charge in [-0.05, 0) is 30.4 Å². The number of likely N-dealkylation sites (N-methyl/N-ethyl adjacent to an activating group) is 1. The molecule has 1 aliphatic rings. The van der Waals surface area contributed by atoms with Crippen molar-refractivity contribution in [1.82, 2.24) is 14.6 Å². The molecule has 25 heavy (non-hydrogen) atoms. The Hall–Kier alpha value is -2.89. The summed E-state index contributed by atoms with van der Waals surface area (Å²) in [5, 5.41) is 4.97. The van der Waals surface area contributed by atoms with Crippen molar-refractivity contribution < 1.29 is 9.32 Å². The fraction of sp³-hybridized carbons (Fsp3) is 0.316. The third-order valence-corrected chi connectivity index (χ3v) is 4.57. The van der Waals surface area contributed by atoms with Crippen molar-refractivity contribution in [3.05, 3.63) is 64.3 Å². The van der Waals surface area contributed by atoms with Crippen molar-refractivity contribution in [2.75, 3.05) is 7.05 Å². The highest BCUT2D eigenvalue weighted by molar-refractivity contribution is 5.82. The van der Waals surface area contributed by atoms with E-state index in [0.29, 0.717) is 12.5 Å². The number of benzene rings is 1. The Kier molecular flexibility index (Phi) is 3.87. The molecule has 0 N–H and O–H groups in total. The molecule has 1 fully saturated rings. The van der Waals surface area contributed by atoms with E-state index in [2.05, 4.69) is 5.16 Å². The van der Waals surface area contributed by atoms with E-state index in [4.69, 9.17) is 4.52 Å². The Morgan fingerprint density at radius 3 is 2.88 bits per heavy atom. The topological polar surface area (TPSA) is 68.3 Å². The summed E-state index contributed by atoms with van der Waals surface area (Å²) in [4.78, 5) is 26.3. The molecule has 0 bridgehead atoms. The standard InChI is InChI=1S/C19H19N3O3/c1-21(11-15-10-17(25-20-15)14-6-7-14)19(24)12-22-16-5-3-2-4-13(16)8-9-18(22)23/h2-5,8-10,14H,6-7,11-12H2,1H3. The molecule has 0 saturated heterocycles. The van der Waals surface area contributed by atoms with Gasteiger partial charge in [-0.25, -0.2) is 0 Å². The van der Waals surface area contributed by atoms with Crippen LogP contribution in [0.2, 0.25) is 0 Å². The summed E-state index contributed by atoms with van der Waals surface area (Å²) < 4.78 is 6.83. The molecule has 0 aliphatic heterocycles. The summed E-state index contributed by atoms with van der Waals surface area (Å²) in [5.74, 6) is 1.26. The monoisotopic (exact) mass is 337 g/mol. The average molecular weight is 337 g/mol. The third kappa shape index (κ3) is 3.20. The first-order valence-electron chi connectivity index (χ1n) is 8.40. The average Bonchev–Trinajstić information content (AvgIpc) is 3.37. The molecule has 6 heteroatoms. The van der Waals surface area contributed by atoms with Crippen LogP contribution in [0.4, 0.5) is 0 Å². The number of hydrogen-bond donors (Lipinski definition) is 0. The number of fused-ring (bicyclic) bond motifs is 1. The fourth-order valence-corrected chi connectivity index (χ4v) is 2.96. The minimum Gasteiger partial charge on any atom is -0.361 e. The Balaban J connectivity index is 1.51. The number of rotatable bonds is 5. The van der Waals surface area contributed by atoms with E-state index in [1.54, 1.807) is 18.0 Å². The molecule has 128 valence electrons. The predicted octanol–water partition coefficient (Wildman–Crippen LogP) is 2.53. The first kappa shape index (κ1) is 15.6. The minimum absolute atomic E-state index is 0.00399. The van der Waals surface area contributed by atoms with Gasteiger partial charge in [0.2, 0.25) is 5.91 Å². The van der Waals surface area contributed by atoms with Crippen molar-refractivity contribution in [1.29, 1.82) is 0 Å². The summed E-state index contributed by atoms with van der Waals surface area (Å²) >= 11 is 0. The summed E-state index contributed by atoms with van der Waals surface area (Å²) in [6, 6.07) is 12.7. The Labute approximate surface area is 144 Å². The summed E-state index contributed by atoms with van der Waals surface area (Å²) in [6.07, 6.45) is 2.29. The highest BCUT2D eigenvalue weighted by Crippen LogP contribution is 2.40. The van der Waals surface area contributed by atoms with Gasteiger partial charge in [0, 0.05) is 25.1 Å². The third-order valence-electron chi connectivity index (χ3n) is 4.57. The van der Waals surface area contributed by atoms with Crippen molar-refractivity contribution >= 4 is 16.8 Å². The number of pyridine rings is 1. The van der Waals surface area contributed by atoms with Crippen LogP contribution in [0.15, 0.2) is 51.8 Å². The van der Waals surface area contributed by atoms with E-state index in [1.807, 2.05) is 30.3 Å². The molecule has 1 aliphatic carbocycles. The van der Waals surface area contributed by atoms with E-state index in [-0.39, 0.29) is 18.0 Å². The first-order valence-corrected chi connectivity index (χ1v) is 8.40. The predicted molar refractivity (Wildman–Crippen MR) is 93.2 cm³/mol. The maximum atomic E-state index is 12.6. The van der Waals surface area contributed by atoms with Crippen LogP contribution in [-0.4, -0.2) is 27.6 Å². The summed E-state index contributed by atoms with van der Waals surface area (Å²) in [7, 11) is 1.71. The Morgan fingerprint density at radius 2 is 2.08 bits per heavy atom. The highest BCUT2D eigenvalue weighted by atomic mass is 16.5. The molecule has 4 rings (SSSR count). The molecule has 0 atom stereocenters. The van der Waals surface area contributed by atoms with E-state index in [0.717, 1.165) is 35.2 Å². The number of carbonyl (C=O) groups excluding carboxylic acids is 1. The van der Waals surface area contributed by atoms with Crippen LogP contribution in [0.5, 0.6) is 0 Å². The van der Waals surface area contributed by atoms with Gasteiger partial charge < -0.3 is 9.42 Å². The molecular weight excluding hydrogens is 318 g/mol. The van der Waals surface area contributed by atoms with Gasteiger partial charge in [0.25, 0.3) is 5.56 Å². The second-order valence-electron chi connectivity index (χ2n) is 6.56. The lowest BCUT2D eigenvalue weighted by molar-refractivity contribution is -0.131. The number of nitrogens with zero attached hydrogens (tertiary/aromatic N) is 3. The second kappa shape index (κ2) is 6.20. The zero-order chi connectivity index (χ0) is 17.4. The van der Waals surface area contributed by atoms with Gasteiger partial charge in [0.1, 0.15) is 18.0 Å². The zero-order valence-corrected chi connectivity index (χ0v) is 14.0.